The number of piperidine rings is 1. The number of hydrogen-bond acceptors (Lipinski definition) is 5. The number of aromatic nitrogens is 4. The molecule has 0 atom stereocenters. The fourth-order valence-corrected chi connectivity index (χ4v) is 3.59. The highest BCUT2D eigenvalue weighted by Gasteiger charge is 2.25. The average molecular weight is 341 g/mol. The standard InChI is InChI=1S/C18H23N5O2/c24-18(16-5-8-19-20-16)23-9-6-13(7-10-23)12-25-17-11-14-3-1-2-4-15(14)21-22-17/h5,8,11,13H,1-4,6-7,9-10,12H2,(H,19,20). The van der Waals surface area contributed by atoms with E-state index in [-0.39, 0.29) is 5.91 Å². The molecule has 0 saturated carbocycles. The Morgan fingerprint density at radius 1 is 1.24 bits per heavy atom. The number of H-pyrrole nitrogens is 1. The van der Waals surface area contributed by atoms with Gasteiger partial charge in [-0.2, -0.15) is 10.2 Å². The summed E-state index contributed by atoms with van der Waals surface area (Å²) in [5.41, 5.74) is 2.97. The van der Waals surface area contributed by atoms with E-state index in [1.807, 2.05) is 4.90 Å². The number of ether oxygens (including phenoxy) is 1. The van der Waals surface area contributed by atoms with Gasteiger partial charge in [-0.1, -0.05) is 0 Å². The summed E-state index contributed by atoms with van der Waals surface area (Å²) in [7, 11) is 0. The summed E-state index contributed by atoms with van der Waals surface area (Å²) in [4.78, 5) is 14.2. The molecule has 1 aliphatic heterocycles. The van der Waals surface area contributed by atoms with Gasteiger partial charge in [-0.05, 0) is 56.1 Å². The van der Waals surface area contributed by atoms with Gasteiger partial charge in [-0.3, -0.25) is 9.89 Å². The first-order chi connectivity index (χ1) is 12.3. The molecule has 7 heteroatoms. The van der Waals surface area contributed by atoms with Crippen molar-refractivity contribution < 1.29 is 9.53 Å². The highest BCUT2D eigenvalue weighted by molar-refractivity contribution is 5.92. The summed E-state index contributed by atoms with van der Waals surface area (Å²) in [6.07, 6.45) is 8.03. The fraction of sp³-hybridized carbons (Fsp3) is 0.556. The van der Waals surface area contributed by atoms with Crippen LogP contribution in [0.2, 0.25) is 0 Å². The quantitative estimate of drug-likeness (QED) is 0.919. The van der Waals surface area contributed by atoms with Gasteiger partial charge in [0.25, 0.3) is 5.91 Å². The third-order valence-corrected chi connectivity index (χ3v) is 5.15. The molecule has 0 radical (unpaired) electrons. The lowest BCUT2D eigenvalue weighted by Gasteiger charge is -2.31. The van der Waals surface area contributed by atoms with Gasteiger partial charge in [0.15, 0.2) is 0 Å². The second-order valence-corrected chi connectivity index (χ2v) is 6.88. The van der Waals surface area contributed by atoms with Crippen LogP contribution in [0, 0.1) is 5.92 Å². The van der Waals surface area contributed by atoms with Gasteiger partial charge in [0.2, 0.25) is 5.88 Å². The number of fused-ring (bicyclic) bond motifs is 1. The van der Waals surface area contributed by atoms with Crippen LogP contribution in [0.15, 0.2) is 18.3 Å². The molecule has 4 rings (SSSR count). The van der Waals surface area contributed by atoms with Crippen molar-refractivity contribution in [3.05, 3.63) is 35.3 Å². The molecule has 2 aromatic rings. The van der Waals surface area contributed by atoms with Crippen LogP contribution >= 0.6 is 0 Å². The summed E-state index contributed by atoms with van der Waals surface area (Å²) >= 11 is 0. The van der Waals surface area contributed by atoms with Crippen LogP contribution in [0.25, 0.3) is 0 Å². The van der Waals surface area contributed by atoms with E-state index in [9.17, 15) is 4.79 Å². The van der Waals surface area contributed by atoms with Crippen molar-refractivity contribution in [3.63, 3.8) is 0 Å². The largest absolute Gasteiger partial charge is 0.476 e. The summed E-state index contributed by atoms with van der Waals surface area (Å²) < 4.78 is 5.89. The van der Waals surface area contributed by atoms with E-state index in [0.717, 1.165) is 44.5 Å². The van der Waals surface area contributed by atoms with Crippen LogP contribution in [0.4, 0.5) is 0 Å². The fourth-order valence-electron chi connectivity index (χ4n) is 3.59. The SMILES string of the molecule is O=C(c1ccn[nH]1)N1CCC(COc2cc3c(nn2)CCCC3)CC1. The first-order valence-corrected chi connectivity index (χ1v) is 9.06. The molecule has 0 spiro atoms. The number of aryl methyl sites for hydroxylation is 2. The topological polar surface area (TPSA) is 84.0 Å². The molecule has 1 fully saturated rings. The van der Waals surface area contributed by atoms with Crippen molar-refractivity contribution in [3.8, 4) is 5.88 Å². The zero-order chi connectivity index (χ0) is 17.1. The maximum atomic E-state index is 12.3. The Morgan fingerprint density at radius 3 is 2.88 bits per heavy atom. The Bertz CT molecular complexity index is 723. The summed E-state index contributed by atoms with van der Waals surface area (Å²) in [6.45, 7) is 2.14. The van der Waals surface area contributed by atoms with Crippen LogP contribution in [-0.2, 0) is 12.8 Å². The Balaban J connectivity index is 1.27. The van der Waals surface area contributed by atoms with E-state index in [4.69, 9.17) is 4.74 Å². The van der Waals surface area contributed by atoms with E-state index in [0.29, 0.717) is 24.1 Å². The van der Waals surface area contributed by atoms with Gasteiger partial charge >= 0.3 is 0 Å². The number of rotatable bonds is 4. The molecule has 25 heavy (non-hydrogen) atoms. The zero-order valence-electron chi connectivity index (χ0n) is 14.3. The van der Waals surface area contributed by atoms with Crippen LogP contribution in [-0.4, -0.2) is 50.9 Å². The molecule has 2 aromatic heterocycles. The van der Waals surface area contributed by atoms with Gasteiger partial charge in [0.05, 0.1) is 12.3 Å². The highest BCUT2D eigenvalue weighted by atomic mass is 16.5. The predicted molar refractivity (Wildman–Crippen MR) is 91.4 cm³/mol. The molecular weight excluding hydrogens is 318 g/mol. The van der Waals surface area contributed by atoms with Crippen molar-refractivity contribution >= 4 is 5.91 Å². The first-order valence-electron chi connectivity index (χ1n) is 9.06. The molecule has 1 N–H and O–H groups in total. The number of amides is 1. The third-order valence-electron chi connectivity index (χ3n) is 5.15. The molecular formula is C18H23N5O2. The Kier molecular flexibility index (Phi) is 4.63. The number of hydrogen-bond donors (Lipinski definition) is 1. The monoisotopic (exact) mass is 341 g/mol. The Labute approximate surface area is 146 Å². The molecule has 3 heterocycles. The molecule has 0 unspecified atom stereocenters. The first kappa shape index (κ1) is 16.1. The number of likely N-dealkylation sites (tertiary alicyclic amines) is 1. The highest BCUT2D eigenvalue weighted by Crippen LogP contribution is 2.23. The Morgan fingerprint density at radius 2 is 2.08 bits per heavy atom. The minimum Gasteiger partial charge on any atom is -0.476 e. The third kappa shape index (κ3) is 3.65. The molecule has 132 valence electrons. The van der Waals surface area contributed by atoms with E-state index >= 15 is 0 Å². The lowest BCUT2D eigenvalue weighted by Crippen LogP contribution is -2.39. The second-order valence-electron chi connectivity index (χ2n) is 6.88. The van der Waals surface area contributed by atoms with E-state index in [1.54, 1.807) is 12.3 Å². The summed E-state index contributed by atoms with van der Waals surface area (Å²) in [6, 6.07) is 3.77. The van der Waals surface area contributed by atoms with Gasteiger partial charge in [0, 0.05) is 25.4 Å². The van der Waals surface area contributed by atoms with Crippen molar-refractivity contribution in [2.75, 3.05) is 19.7 Å². The van der Waals surface area contributed by atoms with Gasteiger partial charge < -0.3 is 9.64 Å². The lowest BCUT2D eigenvalue weighted by atomic mass is 9.97. The molecule has 1 aliphatic carbocycles. The lowest BCUT2D eigenvalue weighted by molar-refractivity contribution is 0.0653. The molecule has 0 aromatic carbocycles. The predicted octanol–water partition coefficient (Wildman–Crippen LogP) is 2.01. The Hall–Kier alpha value is -2.44. The number of carbonyl (C=O) groups excluding carboxylic acids is 1. The van der Waals surface area contributed by atoms with E-state index < -0.39 is 0 Å². The maximum Gasteiger partial charge on any atom is 0.271 e. The average Bonchev–Trinajstić information content (AvgIpc) is 3.21. The van der Waals surface area contributed by atoms with Gasteiger partial charge in [-0.25, -0.2) is 0 Å². The number of aromatic amines is 1. The second kappa shape index (κ2) is 7.21. The summed E-state index contributed by atoms with van der Waals surface area (Å²) in [5.74, 6) is 1.11. The van der Waals surface area contributed by atoms with Crippen LogP contribution in [0.1, 0.15) is 47.4 Å². The van der Waals surface area contributed by atoms with Crippen LogP contribution in [0.5, 0.6) is 5.88 Å². The molecule has 0 bridgehead atoms. The van der Waals surface area contributed by atoms with Gasteiger partial charge in [-0.15, -0.1) is 5.10 Å². The van der Waals surface area contributed by atoms with E-state index in [2.05, 4.69) is 26.5 Å². The number of carbonyl (C=O) groups is 1. The minimum absolute atomic E-state index is 0.0254. The molecule has 1 amide bonds. The molecule has 7 nitrogen and oxygen atoms in total. The summed E-state index contributed by atoms with van der Waals surface area (Å²) in [5, 5.41) is 15.1. The minimum atomic E-state index is 0.0254. The smallest absolute Gasteiger partial charge is 0.271 e. The maximum absolute atomic E-state index is 12.3. The van der Waals surface area contributed by atoms with E-state index in [1.165, 1.54) is 18.4 Å². The number of nitrogens with one attached hydrogen (secondary N) is 1. The molecule has 1 saturated heterocycles. The van der Waals surface area contributed by atoms with Crippen LogP contribution < -0.4 is 4.74 Å². The normalized spacial score (nSPS) is 18.0. The zero-order valence-corrected chi connectivity index (χ0v) is 14.3. The number of nitrogens with zero attached hydrogens (tertiary/aromatic N) is 4. The van der Waals surface area contributed by atoms with Crippen LogP contribution in [0.3, 0.4) is 0 Å². The van der Waals surface area contributed by atoms with Crippen molar-refractivity contribution in [1.82, 2.24) is 25.3 Å². The van der Waals surface area contributed by atoms with Crippen molar-refractivity contribution in [1.29, 1.82) is 0 Å². The molecule has 2 aliphatic rings. The van der Waals surface area contributed by atoms with Crippen molar-refractivity contribution in [2.24, 2.45) is 5.92 Å². The van der Waals surface area contributed by atoms with Crippen molar-refractivity contribution in [2.45, 2.75) is 38.5 Å². The van der Waals surface area contributed by atoms with Gasteiger partial charge in [0.1, 0.15) is 5.69 Å².